The van der Waals surface area contributed by atoms with Gasteiger partial charge in [-0.15, -0.1) is 0 Å². The Labute approximate surface area is 157 Å². The van der Waals surface area contributed by atoms with Gasteiger partial charge in [-0.1, -0.05) is 17.7 Å². The molecule has 2 rings (SSSR count). The zero-order valence-electron chi connectivity index (χ0n) is 14.4. The molecule has 0 aliphatic heterocycles. The molecule has 26 heavy (non-hydrogen) atoms. The number of carbonyl (C=O) groups is 2. The average Bonchev–Trinajstić information content (AvgIpc) is 2.57. The van der Waals surface area contributed by atoms with Crippen molar-refractivity contribution in [1.29, 1.82) is 0 Å². The van der Waals surface area contributed by atoms with Crippen LogP contribution in [0.3, 0.4) is 0 Å². The maximum Gasteiger partial charge on any atom is 0.338 e. The Morgan fingerprint density at radius 1 is 1.12 bits per heavy atom. The van der Waals surface area contributed by atoms with E-state index in [1.807, 2.05) is 6.92 Å². The number of anilines is 1. The smallest absolute Gasteiger partial charge is 0.338 e. The summed E-state index contributed by atoms with van der Waals surface area (Å²) in [6.07, 6.45) is 0.0281. The molecule has 0 saturated heterocycles. The van der Waals surface area contributed by atoms with Crippen molar-refractivity contribution in [3.63, 3.8) is 0 Å². The fraction of sp³-hybridized carbons (Fsp3) is 0.222. The minimum atomic E-state index is -3.35. The summed E-state index contributed by atoms with van der Waals surface area (Å²) in [6.45, 7) is 3.25. The minimum absolute atomic E-state index is 0.0938. The third kappa shape index (κ3) is 5.06. The van der Waals surface area contributed by atoms with Gasteiger partial charge in [-0.05, 0) is 55.8 Å². The van der Waals surface area contributed by atoms with E-state index in [-0.39, 0.29) is 10.5 Å². The van der Waals surface area contributed by atoms with Crippen LogP contribution >= 0.6 is 11.6 Å². The van der Waals surface area contributed by atoms with E-state index in [0.717, 1.165) is 11.8 Å². The molecule has 0 saturated carbocycles. The highest BCUT2D eigenvalue weighted by Crippen LogP contribution is 2.20. The number of ether oxygens (including phenoxy) is 1. The molecule has 0 heterocycles. The second-order valence-corrected chi connectivity index (χ2v) is 8.24. The van der Waals surface area contributed by atoms with Gasteiger partial charge in [0, 0.05) is 17.0 Å². The molecule has 0 radical (unpaired) electrons. The number of aryl methyl sites for hydroxylation is 1. The standard InChI is InChI=1S/C18H18ClNO5S/c1-11-4-7-14(19)10-16(11)20-17(21)12(2)25-18(22)13-5-8-15(9-6-13)26(3,23)24/h4-10,12H,1-3H3,(H,20,21)/t12-/m0/s1. The van der Waals surface area contributed by atoms with Crippen molar-refractivity contribution in [2.24, 2.45) is 0 Å². The highest BCUT2D eigenvalue weighted by atomic mass is 35.5. The van der Waals surface area contributed by atoms with Gasteiger partial charge in [-0.2, -0.15) is 0 Å². The first kappa shape index (κ1) is 19.9. The van der Waals surface area contributed by atoms with Crippen LogP contribution in [0.2, 0.25) is 5.02 Å². The molecule has 0 aliphatic rings. The minimum Gasteiger partial charge on any atom is -0.449 e. The average molecular weight is 396 g/mol. The Balaban J connectivity index is 2.04. The molecule has 2 aromatic rings. The molecular weight excluding hydrogens is 378 g/mol. The number of amides is 1. The molecule has 1 N–H and O–H groups in total. The molecule has 138 valence electrons. The lowest BCUT2D eigenvalue weighted by atomic mass is 10.2. The maximum absolute atomic E-state index is 12.2. The van der Waals surface area contributed by atoms with Crippen LogP contribution in [-0.2, 0) is 19.4 Å². The summed E-state index contributed by atoms with van der Waals surface area (Å²) in [4.78, 5) is 24.4. The summed E-state index contributed by atoms with van der Waals surface area (Å²) in [5, 5.41) is 3.13. The molecule has 0 aliphatic carbocycles. The summed E-state index contributed by atoms with van der Waals surface area (Å²) in [6, 6.07) is 10.4. The van der Waals surface area contributed by atoms with Crippen molar-refractivity contribution in [2.75, 3.05) is 11.6 Å². The van der Waals surface area contributed by atoms with Crippen LogP contribution in [0, 0.1) is 6.92 Å². The van der Waals surface area contributed by atoms with Crippen molar-refractivity contribution in [1.82, 2.24) is 0 Å². The van der Waals surface area contributed by atoms with Crippen LogP contribution in [-0.4, -0.2) is 32.7 Å². The number of esters is 1. The largest absolute Gasteiger partial charge is 0.449 e. The Morgan fingerprint density at radius 3 is 2.31 bits per heavy atom. The molecule has 0 spiro atoms. The summed E-state index contributed by atoms with van der Waals surface area (Å²) < 4.78 is 28.0. The molecule has 8 heteroatoms. The molecule has 0 unspecified atom stereocenters. The maximum atomic E-state index is 12.2. The molecule has 1 amide bonds. The van der Waals surface area contributed by atoms with Crippen LogP contribution in [0.4, 0.5) is 5.69 Å². The predicted octanol–water partition coefficient (Wildman–Crippen LogP) is 3.24. The monoisotopic (exact) mass is 395 g/mol. The second kappa shape index (κ2) is 7.88. The summed E-state index contributed by atoms with van der Waals surface area (Å²) in [5.74, 6) is -1.23. The number of hydrogen-bond donors (Lipinski definition) is 1. The quantitative estimate of drug-likeness (QED) is 0.785. The number of hydrogen-bond acceptors (Lipinski definition) is 5. The molecule has 1 atom stereocenters. The highest BCUT2D eigenvalue weighted by molar-refractivity contribution is 7.90. The predicted molar refractivity (Wildman–Crippen MR) is 99.2 cm³/mol. The molecule has 2 aromatic carbocycles. The number of rotatable bonds is 5. The van der Waals surface area contributed by atoms with Crippen molar-refractivity contribution < 1.29 is 22.7 Å². The van der Waals surface area contributed by atoms with Crippen molar-refractivity contribution in [3.05, 3.63) is 58.6 Å². The van der Waals surface area contributed by atoms with Crippen molar-refractivity contribution in [2.45, 2.75) is 24.8 Å². The fourth-order valence-electron chi connectivity index (χ4n) is 2.08. The van der Waals surface area contributed by atoms with Gasteiger partial charge >= 0.3 is 5.97 Å². The lowest BCUT2D eigenvalue weighted by Gasteiger charge is -2.15. The van der Waals surface area contributed by atoms with Gasteiger partial charge in [0.05, 0.1) is 10.5 Å². The van der Waals surface area contributed by atoms with E-state index in [1.165, 1.54) is 31.2 Å². The van der Waals surface area contributed by atoms with E-state index in [0.29, 0.717) is 10.7 Å². The van der Waals surface area contributed by atoms with E-state index in [9.17, 15) is 18.0 Å². The van der Waals surface area contributed by atoms with Gasteiger partial charge < -0.3 is 10.1 Å². The number of sulfone groups is 1. The first-order valence-corrected chi connectivity index (χ1v) is 9.93. The zero-order chi connectivity index (χ0) is 19.5. The first-order valence-electron chi connectivity index (χ1n) is 7.66. The second-order valence-electron chi connectivity index (χ2n) is 5.79. The number of benzene rings is 2. The van der Waals surface area contributed by atoms with Crippen LogP contribution in [0.1, 0.15) is 22.8 Å². The molecule has 6 nitrogen and oxygen atoms in total. The van der Waals surface area contributed by atoms with E-state index in [1.54, 1.807) is 18.2 Å². The Bertz CT molecular complexity index is 939. The van der Waals surface area contributed by atoms with E-state index >= 15 is 0 Å². The highest BCUT2D eigenvalue weighted by Gasteiger charge is 2.20. The zero-order valence-corrected chi connectivity index (χ0v) is 16.0. The van der Waals surface area contributed by atoms with Gasteiger partial charge in [0.15, 0.2) is 15.9 Å². The van der Waals surface area contributed by atoms with Crippen molar-refractivity contribution >= 4 is 39.0 Å². The van der Waals surface area contributed by atoms with Crippen LogP contribution in [0.15, 0.2) is 47.4 Å². The van der Waals surface area contributed by atoms with E-state index < -0.39 is 27.8 Å². The topological polar surface area (TPSA) is 89.5 Å². The Hall–Kier alpha value is -2.38. The number of nitrogens with one attached hydrogen (secondary N) is 1. The van der Waals surface area contributed by atoms with Crippen LogP contribution in [0.5, 0.6) is 0 Å². The van der Waals surface area contributed by atoms with E-state index in [2.05, 4.69) is 5.32 Å². The lowest BCUT2D eigenvalue weighted by molar-refractivity contribution is -0.123. The normalized spacial score (nSPS) is 12.3. The van der Waals surface area contributed by atoms with Crippen LogP contribution < -0.4 is 5.32 Å². The Morgan fingerprint density at radius 2 is 1.73 bits per heavy atom. The molecule has 0 fully saturated rings. The van der Waals surface area contributed by atoms with Crippen LogP contribution in [0.25, 0.3) is 0 Å². The lowest BCUT2D eigenvalue weighted by Crippen LogP contribution is -2.30. The molecule has 0 bridgehead atoms. The van der Waals surface area contributed by atoms with Gasteiger partial charge in [-0.25, -0.2) is 13.2 Å². The van der Waals surface area contributed by atoms with Gasteiger partial charge in [-0.3, -0.25) is 4.79 Å². The number of halogens is 1. The van der Waals surface area contributed by atoms with Gasteiger partial charge in [0.25, 0.3) is 5.91 Å². The third-order valence-corrected chi connectivity index (χ3v) is 4.99. The molecule has 0 aromatic heterocycles. The van der Waals surface area contributed by atoms with Gasteiger partial charge in [0.2, 0.25) is 0 Å². The Kier molecular flexibility index (Phi) is 6.05. The fourth-order valence-corrected chi connectivity index (χ4v) is 2.89. The summed E-state index contributed by atoms with van der Waals surface area (Å²) >= 11 is 5.91. The van der Waals surface area contributed by atoms with E-state index in [4.69, 9.17) is 16.3 Å². The summed E-state index contributed by atoms with van der Waals surface area (Å²) in [7, 11) is -3.35. The summed E-state index contributed by atoms with van der Waals surface area (Å²) in [5.41, 5.74) is 1.50. The third-order valence-electron chi connectivity index (χ3n) is 3.63. The SMILES string of the molecule is Cc1ccc(Cl)cc1NC(=O)[C@H](C)OC(=O)c1ccc(S(C)(=O)=O)cc1. The first-order chi connectivity index (χ1) is 12.1. The van der Waals surface area contributed by atoms with Crippen molar-refractivity contribution in [3.8, 4) is 0 Å². The van der Waals surface area contributed by atoms with Gasteiger partial charge in [0.1, 0.15) is 0 Å². The number of carbonyl (C=O) groups excluding carboxylic acids is 2. The molecular formula is C18H18ClNO5S.